The molecule has 1 N–H and O–H groups in total. The van der Waals surface area contributed by atoms with E-state index in [1.807, 2.05) is 7.05 Å². The quantitative estimate of drug-likeness (QED) is 0.880. The molecule has 1 aromatic carbocycles. The van der Waals surface area contributed by atoms with Crippen LogP contribution in [0.15, 0.2) is 24.3 Å². The largest absolute Gasteiger partial charge is 0.325 e. The molecular formula is C16H23FN2O. The van der Waals surface area contributed by atoms with Gasteiger partial charge in [0.2, 0.25) is 0 Å². The Morgan fingerprint density at radius 3 is 2.40 bits per heavy atom. The Morgan fingerprint density at radius 1 is 1.25 bits per heavy atom. The fourth-order valence-corrected chi connectivity index (χ4v) is 2.85. The van der Waals surface area contributed by atoms with E-state index in [1.54, 1.807) is 17.0 Å². The Kier molecular flexibility index (Phi) is 4.99. The maximum Gasteiger partial charge on any atom is 0.321 e. The summed E-state index contributed by atoms with van der Waals surface area (Å²) in [5.41, 5.74) is 0.630. The van der Waals surface area contributed by atoms with Gasteiger partial charge in [0, 0.05) is 18.8 Å². The standard InChI is InChI=1S/C16H23FN2O/c1-3-12-4-10-15(11-5-12)19(2)16(20)18-14-8-6-13(17)7-9-14/h6-9,12,15H,3-5,10-11H2,1-2H3,(H,18,20). The summed E-state index contributed by atoms with van der Waals surface area (Å²) >= 11 is 0. The number of nitrogens with one attached hydrogen (secondary N) is 1. The molecule has 4 heteroatoms. The number of hydrogen-bond donors (Lipinski definition) is 1. The highest BCUT2D eigenvalue weighted by atomic mass is 19.1. The number of nitrogens with zero attached hydrogens (tertiary/aromatic N) is 1. The lowest BCUT2D eigenvalue weighted by Gasteiger charge is -2.34. The van der Waals surface area contributed by atoms with E-state index in [-0.39, 0.29) is 11.8 Å². The number of carbonyl (C=O) groups excluding carboxylic acids is 1. The van der Waals surface area contributed by atoms with Crippen molar-refractivity contribution in [2.24, 2.45) is 5.92 Å². The number of amides is 2. The second-order valence-electron chi connectivity index (χ2n) is 5.63. The van der Waals surface area contributed by atoms with Gasteiger partial charge in [0.15, 0.2) is 0 Å². The second-order valence-corrected chi connectivity index (χ2v) is 5.63. The molecule has 0 spiro atoms. The minimum Gasteiger partial charge on any atom is -0.325 e. The molecule has 0 bridgehead atoms. The molecular weight excluding hydrogens is 255 g/mol. The summed E-state index contributed by atoms with van der Waals surface area (Å²) in [6, 6.07) is 6.06. The number of anilines is 1. The summed E-state index contributed by atoms with van der Waals surface area (Å²) < 4.78 is 12.8. The van der Waals surface area contributed by atoms with Gasteiger partial charge >= 0.3 is 6.03 Å². The van der Waals surface area contributed by atoms with Crippen LogP contribution in [0.2, 0.25) is 0 Å². The fourth-order valence-electron chi connectivity index (χ4n) is 2.85. The highest BCUT2D eigenvalue weighted by molar-refractivity contribution is 5.89. The Hall–Kier alpha value is -1.58. The lowest BCUT2D eigenvalue weighted by molar-refractivity contribution is 0.170. The molecule has 0 saturated heterocycles. The van der Waals surface area contributed by atoms with Crippen molar-refractivity contribution >= 4 is 11.7 Å². The first-order valence-electron chi connectivity index (χ1n) is 7.39. The van der Waals surface area contributed by atoms with Crippen LogP contribution in [0.4, 0.5) is 14.9 Å². The second kappa shape index (κ2) is 6.73. The first-order valence-corrected chi connectivity index (χ1v) is 7.39. The lowest BCUT2D eigenvalue weighted by atomic mass is 9.84. The zero-order valence-corrected chi connectivity index (χ0v) is 12.2. The van der Waals surface area contributed by atoms with Crippen LogP contribution in [0.3, 0.4) is 0 Å². The molecule has 1 saturated carbocycles. The Labute approximate surface area is 120 Å². The molecule has 0 unspecified atom stereocenters. The van der Waals surface area contributed by atoms with Crippen LogP contribution in [-0.2, 0) is 0 Å². The van der Waals surface area contributed by atoms with Gasteiger partial charge < -0.3 is 10.2 Å². The average Bonchev–Trinajstić information content (AvgIpc) is 2.49. The van der Waals surface area contributed by atoms with Gasteiger partial charge in [0.05, 0.1) is 0 Å². The SMILES string of the molecule is CCC1CCC(N(C)C(=O)Nc2ccc(F)cc2)CC1. The summed E-state index contributed by atoms with van der Waals surface area (Å²) in [7, 11) is 1.84. The van der Waals surface area contributed by atoms with Crippen molar-refractivity contribution in [3.8, 4) is 0 Å². The van der Waals surface area contributed by atoms with Gasteiger partial charge in [-0.3, -0.25) is 0 Å². The smallest absolute Gasteiger partial charge is 0.321 e. The van der Waals surface area contributed by atoms with E-state index in [0.29, 0.717) is 11.7 Å². The third-order valence-corrected chi connectivity index (χ3v) is 4.36. The van der Waals surface area contributed by atoms with E-state index in [0.717, 1.165) is 18.8 Å². The van der Waals surface area contributed by atoms with Crippen molar-refractivity contribution in [2.75, 3.05) is 12.4 Å². The van der Waals surface area contributed by atoms with Crippen molar-refractivity contribution in [3.05, 3.63) is 30.1 Å². The molecule has 0 atom stereocenters. The fraction of sp³-hybridized carbons (Fsp3) is 0.562. The van der Waals surface area contributed by atoms with Crippen molar-refractivity contribution < 1.29 is 9.18 Å². The number of rotatable bonds is 3. The molecule has 1 fully saturated rings. The van der Waals surface area contributed by atoms with Gasteiger partial charge in [-0.1, -0.05) is 13.3 Å². The monoisotopic (exact) mass is 278 g/mol. The average molecular weight is 278 g/mol. The Balaban J connectivity index is 1.87. The summed E-state index contributed by atoms with van der Waals surface area (Å²) in [6.07, 6.45) is 5.79. The third kappa shape index (κ3) is 3.71. The van der Waals surface area contributed by atoms with E-state index in [9.17, 15) is 9.18 Å². The van der Waals surface area contributed by atoms with Gasteiger partial charge in [0.25, 0.3) is 0 Å². The Morgan fingerprint density at radius 2 is 1.85 bits per heavy atom. The molecule has 1 aliphatic carbocycles. The van der Waals surface area contributed by atoms with E-state index < -0.39 is 0 Å². The van der Waals surface area contributed by atoms with Gasteiger partial charge in [-0.2, -0.15) is 0 Å². The minimum absolute atomic E-state index is 0.114. The van der Waals surface area contributed by atoms with Crippen LogP contribution < -0.4 is 5.32 Å². The number of carbonyl (C=O) groups is 1. The number of hydrogen-bond acceptors (Lipinski definition) is 1. The third-order valence-electron chi connectivity index (χ3n) is 4.36. The lowest BCUT2D eigenvalue weighted by Crippen LogP contribution is -2.41. The maximum atomic E-state index is 12.8. The first-order chi connectivity index (χ1) is 9.60. The van der Waals surface area contributed by atoms with Crippen LogP contribution in [0.1, 0.15) is 39.0 Å². The van der Waals surface area contributed by atoms with E-state index in [1.165, 1.54) is 31.4 Å². The van der Waals surface area contributed by atoms with Gasteiger partial charge in [-0.15, -0.1) is 0 Å². The van der Waals surface area contributed by atoms with Gasteiger partial charge in [-0.25, -0.2) is 9.18 Å². The number of halogens is 1. The zero-order chi connectivity index (χ0) is 14.5. The van der Waals surface area contributed by atoms with Gasteiger partial charge in [-0.05, 0) is 55.9 Å². The molecule has 110 valence electrons. The molecule has 20 heavy (non-hydrogen) atoms. The van der Waals surface area contributed by atoms with Crippen molar-refractivity contribution in [2.45, 2.75) is 45.1 Å². The Bertz CT molecular complexity index is 438. The zero-order valence-electron chi connectivity index (χ0n) is 12.2. The normalized spacial score (nSPS) is 22.4. The van der Waals surface area contributed by atoms with Crippen LogP contribution in [-0.4, -0.2) is 24.0 Å². The summed E-state index contributed by atoms with van der Waals surface area (Å²) in [5.74, 6) is 0.522. The van der Waals surface area contributed by atoms with Crippen LogP contribution in [0.25, 0.3) is 0 Å². The molecule has 3 nitrogen and oxygen atoms in total. The molecule has 1 aliphatic rings. The minimum atomic E-state index is -0.297. The highest BCUT2D eigenvalue weighted by Gasteiger charge is 2.25. The van der Waals surface area contributed by atoms with Crippen LogP contribution in [0, 0.1) is 11.7 Å². The van der Waals surface area contributed by atoms with E-state index in [4.69, 9.17) is 0 Å². The van der Waals surface area contributed by atoms with Crippen LogP contribution in [0.5, 0.6) is 0 Å². The topological polar surface area (TPSA) is 32.3 Å². The van der Waals surface area contributed by atoms with E-state index >= 15 is 0 Å². The van der Waals surface area contributed by atoms with E-state index in [2.05, 4.69) is 12.2 Å². The van der Waals surface area contributed by atoms with Gasteiger partial charge in [0.1, 0.15) is 5.82 Å². The van der Waals surface area contributed by atoms with Crippen molar-refractivity contribution in [1.29, 1.82) is 0 Å². The summed E-state index contributed by atoms with van der Waals surface area (Å²) in [5, 5.41) is 2.81. The summed E-state index contributed by atoms with van der Waals surface area (Å²) in [4.78, 5) is 14.0. The van der Waals surface area contributed by atoms with Crippen molar-refractivity contribution in [1.82, 2.24) is 4.90 Å². The molecule has 0 radical (unpaired) electrons. The maximum absolute atomic E-state index is 12.8. The molecule has 0 aromatic heterocycles. The van der Waals surface area contributed by atoms with Crippen molar-refractivity contribution in [3.63, 3.8) is 0 Å². The summed E-state index contributed by atoms with van der Waals surface area (Å²) in [6.45, 7) is 2.23. The predicted molar refractivity (Wildman–Crippen MR) is 79.2 cm³/mol. The predicted octanol–water partition coefficient (Wildman–Crippen LogP) is 4.26. The molecule has 2 amide bonds. The highest BCUT2D eigenvalue weighted by Crippen LogP contribution is 2.29. The number of benzene rings is 1. The first kappa shape index (κ1) is 14.8. The number of urea groups is 1. The molecule has 0 heterocycles. The molecule has 2 rings (SSSR count). The molecule has 1 aromatic rings. The molecule has 0 aliphatic heterocycles. The van der Waals surface area contributed by atoms with Crippen LogP contribution >= 0.6 is 0 Å².